The van der Waals surface area contributed by atoms with Gasteiger partial charge in [-0.25, -0.2) is 0 Å². The van der Waals surface area contributed by atoms with E-state index in [4.69, 9.17) is 5.11 Å². The van der Waals surface area contributed by atoms with Crippen molar-refractivity contribution < 1.29 is 9.90 Å². The summed E-state index contributed by atoms with van der Waals surface area (Å²) in [4.78, 5) is 13.3. The van der Waals surface area contributed by atoms with Gasteiger partial charge in [0.25, 0.3) is 0 Å². The summed E-state index contributed by atoms with van der Waals surface area (Å²) in [5.74, 6) is 0.159. The third-order valence-corrected chi connectivity index (χ3v) is 2.39. The average molecular weight is 207 g/mol. The van der Waals surface area contributed by atoms with E-state index in [1.807, 2.05) is 43.1 Å². The Labute approximate surface area is 90.3 Å². The molecule has 3 heteroatoms. The number of carbonyl (C=O) groups excluding carboxylic acids is 1. The number of aliphatic hydroxyl groups is 1. The van der Waals surface area contributed by atoms with Crippen LogP contribution in [-0.2, 0) is 0 Å². The van der Waals surface area contributed by atoms with Gasteiger partial charge < -0.3 is 10.0 Å². The Morgan fingerprint density at radius 1 is 1.33 bits per heavy atom. The highest BCUT2D eigenvalue weighted by Gasteiger charge is 2.04. The Hall–Kier alpha value is -1.35. The van der Waals surface area contributed by atoms with Gasteiger partial charge in [-0.3, -0.25) is 4.79 Å². The normalized spacial score (nSPS) is 10.1. The summed E-state index contributed by atoms with van der Waals surface area (Å²) in [6.07, 6.45) is 0.534. The number of hydrogen-bond acceptors (Lipinski definition) is 3. The monoisotopic (exact) mass is 207 g/mol. The number of nitrogens with zero attached hydrogens (tertiary/aromatic N) is 1. The number of carbonyl (C=O) groups is 1. The zero-order chi connectivity index (χ0) is 11.3. The van der Waals surface area contributed by atoms with Crippen molar-refractivity contribution in [2.45, 2.75) is 13.3 Å². The number of aliphatic hydroxyl groups excluding tert-OH is 1. The van der Waals surface area contributed by atoms with Crippen LogP contribution in [0.5, 0.6) is 0 Å². The van der Waals surface area contributed by atoms with E-state index in [0.29, 0.717) is 13.0 Å². The van der Waals surface area contributed by atoms with Gasteiger partial charge in [0.2, 0.25) is 0 Å². The van der Waals surface area contributed by atoms with E-state index in [0.717, 1.165) is 11.3 Å². The number of likely N-dealkylation sites (N-methyl/N-ethyl adjacent to an activating group) is 1. The van der Waals surface area contributed by atoms with E-state index < -0.39 is 0 Å². The highest BCUT2D eigenvalue weighted by atomic mass is 16.3. The molecule has 1 aromatic rings. The number of Topliss-reactive ketones (excluding diaryl/α,β-unsaturated/α-hetero) is 1. The fourth-order valence-corrected chi connectivity index (χ4v) is 1.39. The molecule has 0 fully saturated rings. The topological polar surface area (TPSA) is 40.5 Å². The molecule has 0 aliphatic rings. The van der Waals surface area contributed by atoms with Crippen LogP contribution in [-0.4, -0.2) is 31.1 Å². The van der Waals surface area contributed by atoms with Gasteiger partial charge in [-0.1, -0.05) is 6.92 Å². The van der Waals surface area contributed by atoms with E-state index in [9.17, 15) is 4.79 Å². The lowest BCUT2D eigenvalue weighted by Crippen LogP contribution is -2.20. The quantitative estimate of drug-likeness (QED) is 0.747. The number of anilines is 1. The third kappa shape index (κ3) is 3.06. The van der Waals surface area contributed by atoms with Crippen LogP contribution in [0.15, 0.2) is 24.3 Å². The average Bonchev–Trinajstić information content (AvgIpc) is 2.28. The zero-order valence-electron chi connectivity index (χ0n) is 9.23. The first-order valence-corrected chi connectivity index (χ1v) is 5.14. The molecule has 0 aromatic heterocycles. The molecule has 0 aliphatic carbocycles. The lowest BCUT2D eigenvalue weighted by Gasteiger charge is -2.17. The summed E-state index contributed by atoms with van der Waals surface area (Å²) >= 11 is 0. The molecule has 82 valence electrons. The highest BCUT2D eigenvalue weighted by molar-refractivity contribution is 5.96. The van der Waals surface area contributed by atoms with Crippen LogP contribution in [0.4, 0.5) is 5.69 Å². The summed E-state index contributed by atoms with van der Waals surface area (Å²) in [6, 6.07) is 7.46. The van der Waals surface area contributed by atoms with Crippen molar-refractivity contribution in [1.82, 2.24) is 0 Å². The second-order valence-electron chi connectivity index (χ2n) is 3.47. The van der Waals surface area contributed by atoms with Gasteiger partial charge in [0.15, 0.2) is 5.78 Å². The van der Waals surface area contributed by atoms with Crippen molar-refractivity contribution in [3.8, 4) is 0 Å². The first-order valence-electron chi connectivity index (χ1n) is 5.14. The molecular formula is C12H17NO2. The second kappa shape index (κ2) is 5.51. The van der Waals surface area contributed by atoms with E-state index >= 15 is 0 Å². The van der Waals surface area contributed by atoms with E-state index in [-0.39, 0.29) is 12.4 Å². The summed E-state index contributed by atoms with van der Waals surface area (Å²) < 4.78 is 0. The molecule has 1 rings (SSSR count). The molecule has 0 saturated carbocycles. The summed E-state index contributed by atoms with van der Waals surface area (Å²) in [7, 11) is 1.91. The Balaban J connectivity index is 2.76. The van der Waals surface area contributed by atoms with Crippen molar-refractivity contribution in [2.24, 2.45) is 0 Å². The minimum absolute atomic E-state index is 0.131. The largest absolute Gasteiger partial charge is 0.395 e. The zero-order valence-corrected chi connectivity index (χ0v) is 9.23. The van der Waals surface area contributed by atoms with Crippen molar-refractivity contribution in [3.63, 3.8) is 0 Å². The maximum atomic E-state index is 11.4. The maximum absolute atomic E-state index is 11.4. The molecule has 0 saturated heterocycles. The lowest BCUT2D eigenvalue weighted by molar-refractivity contribution is 0.0988. The third-order valence-electron chi connectivity index (χ3n) is 2.39. The van der Waals surface area contributed by atoms with Crippen molar-refractivity contribution >= 4 is 11.5 Å². The minimum Gasteiger partial charge on any atom is -0.395 e. The smallest absolute Gasteiger partial charge is 0.162 e. The summed E-state index contributed by atoms with van der Waals surface area (Å²) in [5.41, 5.74) is 1.76. The Morgan fingerprint density at radius 2 is 1.93 bits per heavy atom. The van der Waals surface area contributed by atoms with Crippen LogP contribution in [0.2, 0.25) is 0 Å². The molecule has 0 atom stereocenters. The van der Waals surface area contributed by atoms with E-state index in [2.05, 4.69) is 0 Å². The molecule has 0 heterocycles. The first-order chi connectivity index (χ1) is 7.19. The number of ketones is 1. The van der Waals surface area contributed by atoms with Crippen LogP contribution >= 0.6 is 0 Å². The molecule has 0 bridgehead atoms. The summed E-state index contributed by atoms with van der Waals surface area (Å²) in [6.45, 7) is 2.58. The van der Waals surface area contributed by atoms with Gasteiger partial charge >= 0.3 is 0 Å². The summed E-state index contributed by atoms with van der Waals surface area (Å²) in [5, 5.41) is 8.78. The molecule has 0 unspecified atom stereocenters. The predicted octanol–water partition coefficient (Wildman–Crippen LogP) is 1.71. The maximum Gasteiger partial charge on any atom is 0.162 e. The first kappa shape index (κ1) is 11.7. The van der Waals surface area contributed by atoms with Crippen molar-refractivity contribution in [2.75, 3.05) is 25.1 Å². The van der Waals surface area contributed by atoms with Gasteiger partial charge in [-0.2, -0.15) is 0 Å². The van der Waals surface area contributed by atoms with E-state index in [1.54, 1.807) is 0 Å². The van der Waals surface area contributed by atoms with E-state index in [1.165, 1.54) is 0 Å². The van der Waals surface area contributed by atoms with Crippen LogP contribution in [0.25, 0.3) is 0 Å². The van der Waals surface area contributed by atoms with Crippen LogP contribution in [0.3, 0.4) is 0 Å². The molecule has 1 aromatic carbocycles. The Kier molecular flexibility index (Phi) is 4.31. The van der Waals surface area contributed by atoms with Gasteiger partial charge in [-0.05, 0) is 24.3 Å². The molecule has 0 amide bonds. The number of rotatable bonds is 5. The standard InChI is InChI=1S/C12H17NO2/c1-3-12(15)10-4-6-11(7-5-10)13(2)8-9-14/h4-7,14H,3,8-9H2,1-2H3. The van der Waals surface area contributed by atoms with Crippen molar-refractivity contribution in [3.05, 3.63) is 29.8 Å². The molecule has 1 N–H and O–H groups in total. The van der Waals surface area contributed by atoms with Gasteiger partial charge in [0, 0.05) is 31.3 Å². The van der Waals surface area contributed by atoms with Crippen LogP contribution in [0, 0.1) is 0 Å². The highest BCUT2D eigenvalue weighted by Crippen LogP contribution is 2.14. The fraction of sp³-hybridized carbons (Fsp3) is 0.417. The molecule has 15 heavy (non-hydrogen) atoms. The van der Waals surface area contributed by atoms with Gasteiger partial charge in [0.1, 0.15) is 0 Å². The molecule has 3 nitrogen and oxygen atoms in total. The van der Waals surface area contributed by atoms with Gasteiger partial charge in [-0.15, -0.1) is 0 Å². The molecule has 0 aliphatic heterocycles. The SMILES string of the molecule is CCC(=O)c1ccc(N(C)CCO)cc1. The molecular weight excluding hydrogens is 190 g/mol. The molecule has 0 radical (unpaired) electrons. The van der Waals surface area contributed by atoms with Crippen LogP contribution < -0.4 is 4.90 Å². The second-order valence-corrected chi connectivity index (χ2v) is 3.47. The van der Waals surface area contributed by atoms with Crippen LogP contribution in [0.1, 0.15) is 23.7 Å². The minimum atomic E-state index is 0.131. The number of benzene rings is 1. The predicted molar refractivity (Wildman–Crippen MR) is 61.4 cm³/mol. The Morgan fingerprint density at radius 3 is 2.40 bits per heavy atom. The lowest BCUT2D eigenvalue weighted by atomic mass is 10.1. The fourth-order valence-electron chi connectivity index (χ4n) is 1.39. The molecule has 0 spiro atoms. The Bertz CT molecular complexity index is 319. The van der Waals surface area contributed by atoms with Crippen molar-refractivity contribution in [1.29, 1.82) is 0 Å². The van der Waals surface area contributed by atoms with Gasteiger partial charge in [0.05, 0.1) is 6.61 Å². The number of hydrogen-bond donors (Lipinski definition) is 1.